The third-order valence-corrected chi connectivity index (χ3v) is 6.85. The highest BCUT2D eigenvalue weighted by atomic mass is 32.2. The third-order valence-electron chi connectivity index (χ3n) is 4.93. The highest BCUT2D eigenvalue weighted by molar-refractivity contribution is 7.89. The number of nitro benzene ring substituents is 1. The van der Waals surface area contributed by atoms with E-state index < -0.39 is 33.0 Å². The van der Waals surface area contributed by atoms with Gasteiger partial charge in [-0.3, -0.25) is 14.9 Å². The van der Waals surface area contributed by atoms with Gasteiger partial charge in [0.1, 0.15) is 5.75 Å². The molecular weight excluding hydrogens is 469 g/mol. The maximum absolute atomic E-state index is 12.9. The van der Waals surface area contributed by atoms with Crippen LogP contribution < -0.4 is 10.1 Å². The molecule has 1 N–H and O–H groups in total. The number of amides is 1. The Morgan fingerprint density at radius 3 is 2.21 bits per heavy atom. The van der Waals surface area contributed by atoms with Gasteiger partial charge in [0, 0.05) is 51.0 Å². The number of halogens is 3. The van der Waals surface area contributed by atoms with E-state index in [0.29, 0.717) is 5.69 Å². The minimum atomic E-state index is -4.89. The van der Waals surface area contributed by atoms with Gasteiger partial charge in [0.25, 0.3) is 11.6 Å². The number of rotatable bonds is 6. The predicted molar refractivity (Wildman–Crippen MR) is 110 cm³/mol. The highest BCUT2D eigenvalue weighted by Crippen LogP contribution is 2.27. The number of nitrogens with one attached hydrogen (secondary N) is 1. The Hall–Kier alpha value is -3.39. The number of nitrogens with zero attached hydrogens (tertiary/aromatic N) is 3. The molecule has 1 aliphatic rings. The van der Waals surface area contributed by atoms with Crippen LogP contribution in [-0.2, 0) is 10.0 Å². The van der Waals surface area contributed by atoms with Crippen LogP contribution in [-0.4, -0.2) is 68.0 Å². The Balaban J connectivity index is 1.71. The van der Waals surface area contributed by atoms with E-state index in [4.69, 9.17) is 0 Å². The van der Waals surface area contributed by atoms with Crippen molar-refractivity contribution in [2.75, 3.05) is 38.5 Å². The molecule has 1 heterocycles. The maximum atomic E-state index is 12.9. The number of piperazine rings is 1. The summed E-state index contributed by atoms with van der Waals surface area (Å²) in [5, 5.41) is 13.9. The lowest BCUT2D eigenvalue weighted by molar-refractivity contribution is -0.384. The Morgan fingerprint density at radius 2 is 1.70 bits per heavy atom. The first kappa shape index (κ1) is 24.3. The molecule has 1 amide bonds. The minimum absolute atomic E-state index is 0.0270. The molecule has 10 nitrogen and oxygen atoms in total. The second-order valence-corrected chi connectivity index (χ2v) is 8.89. The highest BCUT2D eigenvalue weighted by Gasteiger charge is 2.33. The predicted octanol–water partition coefficient (Wildman–Crippen LogP) is 2.68. The molecule has 33 heavy (non-hydrogen) atoms. The summed E-state index contributed by atoms with van der Waals surface area (Å²) >= 11 is 0. The smallest absolute Gasteiger partial charge is 0.406 e. The molecule has 0 radical (unpaired) electrons. The first-order chi connectivity index (χ1) is 15.4. The Labute approximate surface area is 186 Å². The second-order valence-electron chi connectivity index (χ2n) is 6.95. The van der Waals surface area contributed by atoms with Crippen LogP contribution in [0.3, 0.4) is 0 Å². The molecule has 1 saturated heterocycles. The minimum Gasteiger partial charge on any atom is -0.406 e. The van der Waals surface area contributed by atoms with Gasteiger partial charge in [0.2, 0.25) is 10.0 Å². The molecule has 0 unspecified atom stereocenters. The van der Waals surface area contributed by atoms with E-state index >= 15 is 0 Å². The van der Waals surface area contributed by atoms with Crippen LogP contribution in [0, 0.1) is 10.1 Å². The first-order valence-corrected chi connectivity index (χ1v) is 11.0. The number of anilines is 1. The molecule has 0 atom stereocenters. The van der Waals surface area contributed by atoms with Crippen molar-refractivity contribution in [3.63, 3.8) is 0 Å². The van der Waals surface area contributed by atoms with Crippen LogP contribution in [0.1, 0.15) is 10.4 Å². The van der Waals surface area contributed by atoms with Crippen molar-refractivity contribution in [3.05, 3.63) is 58.1 Å². The summed E-state index contributed by atoms with van der Waals surface area (Å²) in [4.78, 5) is 24.5. The monoisotopic (exact) mass is 488 g/mol. The first-order valence-electron chi connectivity index (χ1n) is 9.54. The number of sulfonamides is 1. The molecule has 0 bridgehead atoms. The van der Waals surface area contributed by atoms with Crippen LogP contribution in [0.25, 0.3) is 0 Å². The molecule has 1 aliphatic heterocycles. The van der Waals surface area contributed by atoms with E-state index in [9.17, 15) is 36.5 Å². The summed E-state index contributed by atoms with van der Waals surface area (Å²) < 4.78 is 67.3. The SMILES string of the molecule is CNc1ccc([N+](=O)[O-])cc1C(=O)N1CCN(S(=O)(=O)c2ccc(OC(F)(F)F)cc2)CC1. The maximum Gasteiger partial charge on any atom is 0.573 e. The number of benzene rings is 2. The standard InChI is InChI=1S/C19H19F3N4O6S/c1-23-17-7-2-13(26(28)29)12-16(17)18(27)24-8-10-25(11-9-24)33(30,31)15-5-3-14(4-6-15)32-19(20,21)22/h2-7,12,23H,8-11H2,1H3. The van der Waals surface area contributed by atoms with Gasteiger partial charge in [-0.15, -0.1) is 13.2 Å². The van der Waals surface area contributed by atoms with Gasteiger partial charge in [-0.2, -0.15) is 4.31 Å². The van der Waals surface area contributed by atoms with Crippen molar-refractivity contribution in [1.82, 2.24) is 9.21 Å². The van der Waals surface area contributed by atoms with Gasteiger partial charge in [0.05, 0.1) is 15.4 Å². The third kappa shape index (κ3) is 5.51. The van der Waals surface area contributed by atoms with E-state index in [1.54, 1.807) is 7.05 Å². The van der Waals surface area contributed by atoms with Crippen LogP contribution in [0.4, 0.5) is 24.5 Å². The van der Waals surface area contributed by atoms with Gasteiger partial charge in [-0.05, 0) is 30.3 Å². The zero-order valence-electron chi connectivity index (χ0n) is 17.2. The average molecular weight is 488 g/mol. The largest absolute Gasteiger partial charge is 0.573 e. The lowest BCUT2D eigenvalue weighted by Gasteiger charge is -2.34. The average Bonchev–Trinajstić information content (AvgIpc) is 2.77. The zero-order chi connectivity index (χ0) is 24.4. The quantitative estimate of drug-likeness (QED) is 0.490. The van der Waals surface area contributed by atoms with Crippen molar-refractivity contribution in [1.29, 1.82) is 0 Å². The molecule has 2 aromatic carbocycles. The second kappa shape index (κ2) is 9.23. The Morgan fingerprint density at radius 1 is 1.09 bits per heavy atom. The molecule has 178 valence electrons. The molecule has 1 fully saturated rings. The lowest BCUT2D eigenvalue weighted by Crippen LogP contribution is -2.50. The number of hydrogen-bond donors (Lipinski definition) is 1. The van der Waals surface area contributed by atoms with Crippen molar-refractivity contribution in [3.8, 4) is 5.75 Å². The summed E-state index contributed by atoms with van der Waals surface area (Å²) in [5.74, 6) is -1.04. The van der Waals surface area contributed by atoms with Crippen LogP contribution in [0.5, 0.6) is 5.75 Å². The molecule has 0 aromatic heterocycles. The van der Waals surface area contributed by atoms with Crippen LogP contribution in [0.15, 0.2) is 47.4 Å². The molecule has 2 aromatic rings. The van der Waals surface area contributed by atoms with E-state index in [1.165, 1.54) is 17.0 Å². The number of hydrogen-bond acceptors (Lipinski definition) is 7. The molecule has 0 spiro atoms. The van der Waals surface area contributed by atoms with Gasteiger partial charge < -0.3 is 15.0 Å². The lowest BCUT2D eigenvalue weighted by atomic mass is 10.1. The van der Waals surface area contributed by atoms with E-state index in [-0.39, 0.29) is 42.3 Å². The van der Waals surface area contributed by atoms with Crippen molar-refractivity contribution >= 4 is 27.3 Å². The number of carbonyl (C=O) groups is 1. The topological polar surface area (TPSA) is 122 Å². The van der Waals surface area contributed by atoms with Gasteiger partial charge in [-0.1, -0.05) is 0 Å². The van der Waals surface area contributed by atoms with Gasteiger partial charge in [-0.25, -0.2) is 8.42 Å². The normalized spacial score (nSPS) is 15.2. The number of alkyl halides is 3. The summed E-state index contributed by atoms with van der Waals surface area (Å²) in [6.45, 7) is -0.0598. The summed E-state index contributed by atoms with van der Waals surface area (Å²) in [5.41, 5.74) is 0.224. The van der Waals surface area contributed by atoms with Crippen molar-refractivity contribution in [2.45, 2.75) is 11.3 Å². The van der Waals surface area contributed by atoms with Gasteiger partial charge >= 0.3 is 6.36 Å². The molecule has 14 heteroatoms. The van der Waals surface area contributed by atoms with Crippen LogP contribution >= 0.6 is 0 Å². The van der Waals surface area contributed by atoms with E-state index in [2.05, 4.69) is 10.1 Å². The molecular formula is C19H19F3N4O6S. The Kier molecular flexibility index (Phi) is 6.78. The summed E-state index contributed by atoms with van der Waals surface area (Å²) in [6.07, 6.45) is -4.89. The molecule has 0 aliphatic carbocycles. The molecule has 0 saturated carbocycles. The van der Waals surface area contributed by atoms with Crippen molar-refractivity contribution in [2.24, 2.45) is 0 Å². The van der Waals surface area contributed by atoms with E-state index in [0.717, 1.165) is 34.6 Å². The Bertz CT molecular complexity index is 1150. The summed E-state index contributed by atoms with van der Waals surface area (Å²) in [6, 6.07) is 7.66. The summed E-state index contributed by atoms with van der Waals surface area (Å²) in [7, 11) is -2.45. The number of nitro groups is 1. The fraction of sp³-hybridized carbons (Fsp3) is 0.316. The number of non-ortho nitro benzene ring substituents is 1. The van der Waals surface area contributed by atoms with E-state index in [1.807, 2.05) is 0 Å². The molecule has 3 rings (SSSR count). The van der Waals surface area contributed by atoms with Crippen LogP contribution in [0.2, 0.25) is 0 Å². The fourth-order valence-corrected chi connectivity index (χ4v) is 4.73. The van der Waals surface area contributed by atoms with Crippen molar-refractivity contribution < 1.29 is 36.0 Å². The number of carbonyl (C=O) groups excluding carboxylic acids is 1. The zero-order valence-corrected chi connectivity index (χ0v) is 18.0. The fourth-order valence-electron chi connectivity index (χ4n) is 3.30. The number of ether oxygens (including phenoxy) is 1. The van der Waals surface area contributed by atoms with Gasteiger partial charge in [0.15, 0.2) is 0 Å².